The fourth-order valence-electron chi connectivity index (χ4n) is 3.12. The van der Waals surface area contributed by atoms with Crippen LogP contribution in [0.1, 0.15) is 35.7 Å². The highest BCUT2D eigenvalue weighted by atomic mass is 19.1. The largest absolute Gasteiger partial charge is 0.329 e. The van der Waals surface area contributed by atoms with E-state index < -0.39 is 0 Å². The van der Waals surface area contributed by atoms with E-state index in [0.29, 0.717) is 13.1 Å². The number of benzene rings is 2. The Balaban J connectivity index is 1.95. The zero-order valence-electron chi connectivity index (χ0n) is 11.6. The van der Waals surface area contributed by atoms with Gasteiger partial charge < -0.3 is 5.73 Å². The van der Waals surface area contributed by atoms with E-state index in [1.165, 1.54) is 11.6 Å². The molecule has 3 heteroatoms. The van der Waals surface area contributed by atoms with E-state index in [1.54, 1.807) is 6.07 Å². The maximum Gasteiger partial charge on any atom is 0.128 e. The first-order valence-electron chi connectivity index (χ1n) is 7.00. The number of hydrogen-bond acceptors (Lipinski definition) is 2. The average molecular weight is 270 g/mol. The number of nitrogens with zero attached hydrogens (tertiary/aromatic N) is 1. The van der Waals surface area contributed by atoms with Crippen LogP contribution in [0.15, 0.2) is 48.5 Å². The second-order valence-corrected chi connectivity index (χ2v) is 5.32. The van der Waals surface area contributed by atoms with Crippen molar-refractivity contribution in [3.05, 3.63) is 71.0 Å². The fraction of sp³-hybridized carbons (Fsp3) is 0.294. The van der Waals surface area contributed by atoms with Gasteiger partial charge >= 0.3 is 0 Å². The Kier molecular flexibility index (Phi) is 3.55. The third kappa shape index (κ3) is 2.13. The van der Waals surface area contributed by atoms with E-state index in [2.05, 4.69) is 24.0 Å². The van der Waals surface area contributed by atoms with Gasteiger partial charge in [0.15, 0.2) is 0 Å². The molecule has 0 fully saturated rings. The monoisotopic (exact) mass is 270 g/mol. The molecule has 2 unspecified atom stereocenters. The smallest absolute Gasteiger partial charge is 0.128 e. The Bertz CT molecular complexity index is 597. The molecule has 104 valence electrons. The van der Waals surface area contributed by atoms with Crippen molar-refractivity contribution in [1.82, 2.24) is 4.90 Å². The molecule has 0 aliphatic carbocycles. The van der Waals surface area contributed by atoms with Crippen molar-refractivity contribution in [2.45, 2.75) is 25.6 Å². The lowest BCUT2D eigenvalue weighted by atomic mass is 10.0. The van der Waals surface area contributed by atoms with Crippen LogP contribution < -0.4 is 5.73 Å². The normalized spacial score (nSPS) is 19.9. The molecule has 2 aromatic carbocycles. The zero-order valence-corrected chi connectivity index (χ0v) is 11.6. The first kappa shape index (κ1) is 13.3. The van der Waals surface area contributed by atoms with Gasteiger partial charge in [0, 0.05) is 30.7 Å². The summed E-state index contributed by atoms with van der Waals surface area (Å²) in [7, 11) is 0. The highest BCUT2D eigenvalue weighted by molar-refractivity contribution is 5.36. The molecular formula is C17H19FN2. The Morgan fingerprint density at radius 1 is 1.20 bits per heavy atom. The molecule has 0 saturated heterocycles. The Morgan fingerprint density at radius 3 is 2.65 bits per heavy atom. The number of nitrogens with two attached hydrogens (primary N) is 1. The molecule has 0 amide bonds. The summed E-state index contributed by atoms with van der Waals surface area (Å²) in [5.74, 6) is -0.122. The van der Waals surface area contributed by atoms with Crippen LogP contribution in [0.5, 0.6) is 0 Å². The number of halogens is 1. The van der Waals surface area contributed by atoms with Crippen LogP contribution >= 0.6 is 0 Å². The third-order valence-electron chi connectivity index (χ3n) is 4.26. The summed E-state index contributed by atoms with van der Waals surface area (Å²) in [5, 5.41) is 0. The molecule has 1 aliphatic rings. The van der Waals surface area contributed by atoms with E-state index in [4.69, 9.17) is 5.73 Å². The van der Waals surface area contributed by atoms with Gasteiger partial charge in [-0.1, -0.05) is 42.5 Å². The topological polar surface area (TPSA) is 29.3 Å². The van der Waals surface area contributed by atoms with Gasteiger partial charge in [-0.25, -0.2) is 4.39 Å². The fourth-order valence-corrected chi connectivity index (χ4v) is 3.12. The van der Waals surface area contributed by atoms with Crippen LogP contribution in [0.4, 0.5) is 4.39 Å². The summed E-state index contributed by atoms with van der Waals surface area (Å²) in [5.41, 5.74) is 9.01. The van der Waals surface area contributed by atoms with E-state index in [-0.39, 0.29) is 17.9 Å². The highest BCUT2D eigenvalue weighted by Crippen LogP contribution is 2.39. The molecule has 0 saturated carbocycles. The van der Waals surface area contributed by atoms with Crippen molar-refractivity contribution >= 4 is 0 Å². The SMILES string of the molecule is CC(c1ccccc1)N1Cc2c(F)cccc2C1CN. The zero-order chi connectivity index (χ0) is 14.1. The number of hydrogen-bond donors (Lipinski definition) is 1. The summed E-state index contributed by atoms with van der Waals surface area (Å²) in [4.78, 5) is 2.28. The van der Waals surface area contributed by atoms with Crippen LogP contribution in [0.2, 0.25) is 0 Å². The van der Waals surface area contributed by atoms with Crippen LogP contribution in [0, 0.1) is 5.82 Å². The quantitative estimate of drug-likeness (QED) is 0.926. The molecule has 3 rings (SSSR count). The maximum absolute atomic E-state index is 14.0. The second-order valence-electron chi connectivity index (χ2n) is 5.32. The molecule has 2 N–H and O–H groups in total. The van der Waals surface area contributed by atoms with Crippen molar-refractivity contribution in [3.63, 3.8) is 0 Å². The van der Waals surface area contributed by atoms with Gasteiger partial charge in [-0.05, 0) is 24.1 Å². The maximum atomic E-state index is 14.0. The van der Waals surface area contributed by atoms with Crippen molar-refractivity contribution < 1.29 is 4.39 Å². The molecule has 2 aromatic rings. The van der Waals surface area contributed by atoms with Gasteiger partial charge in [-0.15, -0.1) is 0 Å². The lowest BCUT2D eigenvalue weighted by molar-refractivity contribution is 0.160. The molecule has 20 heavy (non-hydrogen) atoms. The first-order valence-corrected chi connectivity index (χ1v) is 7.00. The molecule has 2 nitrogen and oxygen atoms in total. The summed E-state index contributed by atoms with van der Waals surface area (Å²) < 4.78 is 14.0. The average Bonchev–Trinajstić information content (AvgIpc) is 2.87. The molecule has 1 heterocycles. The molecular weight excluding hydrogens is 251 g/mol. The van der Waals surface area contributed by atoms with E-state index in [1.807, 2.05) is 24.3 Å². The molecule has 2 atom stereocenters. The van der Waals surface area contributed by atoms with Crippen molar-refractivity contribution in [2.24, 2.45) is 5.73 Å². The summed E-state index contributed by atoms with van der Waals surface area (Å²) in [6.45, 7) is 3.29. The molecule has 0 aromatic heterocycles. The second kappa shape index (κ2) is 5.35. The molecule has 0 bridgehead atoms. The Hall–Kier alpha value is -1.71. The lowest BCUT2D eigenvalue weighted by Crippen LogP contribution is -2.30. The van der Waals surface area contributed by atoms with Crippen molar-refractivity contribution in [2.75, 3.05) is 6.54 Å². The first-order chi connectivity index (χ1) is 9.72. The van der Waals surface area contributed by atoms with E-state index in [9.17, 15) is 4.39 Å². The molecule has 0 spiro atoms. The van der Waals surface area contributed by atoms with Gasteiger partial charge in [0.25, 0.3) is 0 Å². The Labute approximate surface area is 119 Å². The van der Waals surface area contributed by atoms with Gasteiger partial charge in [0.05, 0.1) is 0 Å². The van der Waals surface area contributed by atoms with Crippen molar-refractivity contribution in [1.29, 1.82) is 0 Å². The minimum Gasteiger partial charge on any atom is -0.329 e. The molecule has 0 radical (unpaired) electrons. The number of rotatable bonds is 3. The minimum absolute atomic E-state index is 0.0934. The van der Waals surface area contributed by atoms with Crippen LogP contribution in [-0.2, 0) is 6.54 Å². The Morgan fingerprint density at radius 2 is 1.95 bits per heavy atom. The molecule has 1 aliphatic heterocycles. The highest BCUT2D eigenvalue weighted by Gasteiger charge is 2.34. The van der Waals surface area contributed by atoms with Gasteiger partial charge in [0.2, 0.25) is 0 Å². The van der Waals surface area contributed by atoms with Crippen LogP contribution in [0.3, 0.4) is 0 Å². The van der Waals surface area contributed by atoms with Gasteiger partial charge in [-0.2, -0.15) is 0 Å². The van der Waals surface area contributed by atoms with Gasteiger partial charge in [-0.3, -0.25) is 4.90 Å². The lowest BCUT2D eigenvalue weighted by Gasteiger charge is -2.30. The van der Waals surface area contributed by atoms with E-state index >= 15 is 0 Å². The summed E-state index contributed by atoms with van der Waals surface area (Å²) >= 11 is 0. The summed E-state index contributed by atoms with van der Waals surface area (Å²) in [6, 6.07) is 15.9. The summed E-state index contributed by atoms with van der Waals surface area (Å²) in [6.07, 6.45) is 0. The third-order valence-corrected chi connectivity index (χ3v) is 4.26. The van der Waals surface area contributed by atoms with E-state index in [0.717, 1.165) is 11.1 Å². The predicted molar refractivity (Wildman–Crippen MR) is 78.6 cm³/mol. The van der Waals surface area contributed by atoms with Crippen LogP contribution in [-0.4, -0.2) is 11.4 Å². The standard InChI is InChI=1S/C17H19FN2/c1-12(13-6-3-2-4-7-13)20-11-15-14(17(20)10-19)8-5-9-16(15)18/h2-9,12,17H,10-11,19H2,1H3. The number of fused-ring (bicyclic) bond motifs is 1. The van der Waals surface area contributed by atoms with Gasteiger partial charge in [0.1, 0.15) is 5.82 Å². The predicted octanol–water partition coefficient (Wildman–Crippen LogP) is 3.40. The van der Waals surface area contributed by atoms with Crippen LogP contribution in [0.25, 0.3) is 0 Å². The minimum atomic E-state index is -0.122. The van der Waals surface area contributed by atoms with Crippen molar-refractivity contribution in [3.8, 4) is 0 Å².